The van der Waals surface area contributed by atoms with Gasteiger partial charge in [-0.1, -0.05) is 18.2 Å². The quantitative estimate of drug-likeness (QED) is 0.390. The van der Waals surface area contributed by atoms with E-state index in [2.05, 4.69) is 64.2 Å². The van der Waals surface area contributed by atoms with Crippen molar-refractivity contribution >= 4 is 16.6 Å². The van der Waals surface area contributed by atoms with Crippen molar-refractivity contribution in [1.82, 2.24) is 9.88 Å². The van der Waals surface area contributed by atoms with Gasteiger partial charge in [-0.25, -0.2) is 0 Å². The molecule has 35 heavy (non-hydrogen) atoms. The number of rotatable bonds is 8. The highest BCUT2D eigenvalue weighted by molar-refractivity contribution is 5.90. The maximum atomic E-state index is 10.6. The van der Waals surface area contributed by atoms with Gasteiger partial charge in [0.2, 0.25) is 0 Å². The summed E-state index contributed by atoms with van der Waals surface area (Å²) < 4.78 is 11.1. The molecule has 0 radical (unpaired) electrons. The van der Waals surface area contributed by atoms with E-state index in [0.717, 1.165) is 54.5 Å². The van der Waals surface area contributed by atoms with Gasteiger partial charge in [-0.15, -0.1) is 0 Å². The first-order valence-electron chi connectivity index (χ1n) is 12.2. The van der Waals surface area contributed by atoms with Gasteiger partial charge in [0.05, 0.1) is 7.11 Å². The third-order valence-corrected chi connectivity index (χ3v) is 6.83. The summed E-state index contributed by atoms with van der Waals surface area (Å²) in [5.41, 5.74) is 5.86. The van der Waals surface area contributed by atoms with E-state index in [4.69, 9.17) is 9.47 Å². The van der Waals surface area contributed by atoms with Crippen LogP contribution in [0, 0.1) is 6.92 Å². The van der Waals surface area contributed by atoms with Crippen LogP contribution in [0.15, 0.2) is 72.8 Å². The van der Waals surface area contributed by atoms with Crippen molar-refractivity contribution in [3.05, 3.63) is 78.4 Å². The molecule has 1 aromatic heterocycles. The van der Waals surface area contributed by atoms with Crippen LogP contribution in [0.2, 0.25) is 0 Å². The molecule has 4 aromatic rings. The van der Waals surface area contributed by atoms with Gasteiger partial charge in [-0.05, 0) is 72.6 Å². The lowest BCUT2D eigenvalue weighted by Crippen LogP contribution is -2.49. The van der Waals surface area contributed by atoms with Crippen molar-refractivity contribution in [2.75, 3.05) is 51.3 Å². The van der Waals surface area contributed by atoms with Crippen molar-refractivity contribution in [2.24, 2.45) is 0 Å². The number of nitrogens with zero attached hydrogens (tertiary/aromatic N) is 2. The maximum absolute atomic E-state index is 10.6. The zero-order valence-corrected chi connectivity index (χ0v) is 20.4. The Morgan fingerprint density at radius 1 is 0.886 bits per heavy atom. The number of ether oxygens (including phenoxy) is 2. The molecule has 5 rings (SSSR count). The Kier molecular flexibility index (Phi) is 6.93. The van der Waals surface area contributed by atoms with Gasteiger partial charge in [0.1, 0.15) is 24.2 Å². The minimum absolute atomic E-state index is 0.281. The Morgan fingerprint density at radius 2 is 1.57 bits per heavy atom. The predicted octanol–water partition coefficient (Wildman–Crippen LogP) is 4.71. The fourth-order valence-corrected chi connectivity index (χ4v) is 4.81. The van der Waals surface area contributed by atoms with Gasteiger partial charge in [-0.2, -0.15) is 0 Å². The normalized spacial score (nSPS) is 15.3. The molecule has 2 N–H and O–H groups in total. The van der Waals surface area contributed by atoms with E-state index in [1.54, 1.807) is 7.11 Å². The number of aryl methyl sites for hydroxylation is 1. The summed E-state index contributed by atoms with van der Waals surface area (Å²) in [5.74, 6) is 1.64. The second-order valence-corrected chi connectivity index (χ2v) is 9.15. The van der Waals surface area contributed by atoms with Crippen LogP contribution >= 0.6 is 0 Å². The van der Waals surface area contributed by atoms with Gasteiger partial charge < -0.3 is 24.5 Å². The zero-order chi connectivity index (χ0) is 24.2. The molecular formula is C29H33N3O3. The molecule has 0 bridgehead atoms. The SMILES string of the molecule is COc1ccc(N2CCN(CC(O)COc3ccc(-c4[nH]c5ccccc5c4C)cc3)CC2)cc1. The number of hydrogen-bond donors (Lipinski definition) is 2. The summed E-state index contributed by atoms with van der Waals surface area (Å²) in [5, 5.41) is 11.8. The van der Waals surface area contributed by atoms with E-state index in [0.29, 0.717) is 6.54 Å². The number of β-amino-alcohol motifs (C(OH)–C–C–N with tert-alkyl or cyclic N) is 1. The molecule has 6 nitrogen and oxygen atoms in total. The largest absolute Gasteiger partial charge is 0.497 e. The Morgan fingerprint density at radius 3 is 2.26 bits per heavy atom. The minimum atomic E-state index is -0.529. The number of aromatic nitrogens is 1. The third-order valence-electron chi connectivity index (χ3n) is 6.83. The van der Waals surface area contributed by atoms with E-state index >= 15 is 0 Å². The third kappa shape index (κ3) is 5.29. The van der Waals surface area contributed by atoms with Crippen LogP contribution in [0.25, 0.3) is 22.2 Å². The standard InChI is InChI=1S/C29H33N3O3/c1-21-27-5-3-4-6-28(27)30-29(21)22-7-11-26(12-8-22)35-20-24(33)19-31-15-17-32(18-16-31)23-9-13-25(34-2)14-10-23/h3-14,24,30,33H,15-20H2,1-2H3. The number of aromatic amines is 1. The molecule has 1 unspecified atom stereocenters. The smallest absolute Gasteiger partial charge is 0.119 e. The summed E-state index contributed by atoms with van der Waals surface area (Å²) in [6.45, 7) is 6.75. The number of piperazine rings is 1. The molecule has 2 heterocycles. The summed E-state index contributed by atoms with van der Waals surface area (Å²) in [4.78, 5) is 8.19. The monoisotopic (exact) mass is 471 g/mol. The molecular weight excluding hydrogens is 438 g/mol. The molecule has 0 amide bonds. The molecule has 1 aliphatic heterocycles. The van der Waals surface area contributed by atoms with Gasteiger partial charge >= 0.3 is 0 Å². The molecule has 0 saturated carbocycles. The number of methoxy groups -OCH3 is 1. The molecule has 1 aliphatic rings. The molecule has 6 heteroatoms. The maximum Gasteiger partial charge on any atom is 0.119 e. The van der Waals surface area contributed by atoms with Crippen LogP contribution in [-0.2, 0) is 0 Å². The van der Waals surface area contributed by atoms with Crippen LogP contribution in [0.3, 0.4) is 0 Å². The number of nitrogens with one attached hydrogen (secondary N) is 1. The van der Waals surface area contributed by atoms with Crippen LogP contribution in [0.5, 0.6) is 11.5 Å². The molecule has 3 aromatic carbocycles. The number of aliphatic hydroxyl groups is 1. The van der Waals surface area contributed by atoms with Crippen molar-refractivity contribution in [2.45, 2.75) is 13.0 Å². The lowest BCUT2D eigenvalue weighted by atomic mass is 10.1. The molecule has 0 aliphatic carbocycles. The summed E-state index contributed by atoms with van der Waals surface area (Å²) in [6.07, 6.45) is -0.529. The number of benzene rings is 3. The van der Waals surface area contributed by atoms with E-state index < -0.39 is 6.10 Å². The van der Waals surface area contributed by atoms with Crippen LogP contribution < -0.4 is 14.4 Å². The van der Waals surface area contributed by atoms with Crippen LogP contribution in [0.1, 0.15) is 5.56 Å². The van der Waals surface area contributed by atoms with Crippen LogP contribution in [-0.4, -0.2) is 67.5 Å². The van der Waals surface area contributed by atoms with Crippen molar-refractivity contribution in [3.63, 3.8) is 0 Å². The highest BCUT2D eigenvalue weighted by atomic mass is 16.5. The Hall–Kier alpha value is -3.48. The van der Waals surface area contributed by atoms with Gasteiger partial charge in [0.15, 0.2) is 0 Å². The number of H-pyrrole nitrogens is 1. The number of para-hydroxylation sites is 1. The van der Waals surface area contributed by atoms with Crippen LogP contribution in [0.4, 0.5) is 5.69 Å². The summed E-state index contributed by atoms with van der Waals surface area (Å²) in [7, 11) is 1.68. The molecule has 0 spiro atoms. The van der Waals surface area contributed by atoms with Crippen molar-refractivity contribution < 1.29 is 14.6 Å². The van der Waals surface area contributed by atoms with Crippen molar-refractivity contribution in [1.29, 1.82) is 0 Å². The first kappa shape index (κ1) is 23.3. The second-order valence-electron chi connectivity index (χ2n) is 9.15. The first-order valence-corrected chi connectivity index (χ1v) is 12.2. The number of anilines is 1. The number of hydrogen-bond acceptors (Lipinski definition) is 5. The number of aliphatic hydroxyl groups excluding tert-OH is 1. The zero-order valence-electron chi connectivity index (χ0n) is 20.4. The Balaban J connectivity index is 1.10. The lowest BCUT2D eigenvalue weighted by Gasteiger charge is -2.36. The Labute approximate surface area is 206 Å². The van der Waals surface area contributed by atoms with Gasteiger partial charge in [0, 0.05) is 55.0 Å². The highest BCUT2D eigenvalue weighted by Crippen LogP contribution is 2.30. The highest BCUT2D eigenvalue weighted by Gasteiger charge is 2.20. The topological polar surface area (TPSA) is 61.0 Å². The molecule has 1 fully saturated rings. The van der Waals surface area contributed by atoms with Gasteiger partial charge in [-0.3, -0.25) is 4.90 Å². The van der Waals surface area contributed by atoms with E-state index in [-0.39, 0.29) is 6.61 Å². The average molecular weight is 472 g/mol. The summed E-state index contributed by atoms with van der Waals surface area (Å²) >= 11 is 0. The van der Waals surface area contributed by atoms with E-state index in [1.807, 2.05) is 30.3 Å². The van der Waals surface area contributed by atoms with E-state index in [9.17, 15) is 5.11 Å². The van der Waals surface area contributed by atoms with Gasteiger partial charge in [0.25, 0.3) is 0 Å². The number of fused-ring (bicyclic) bond motifs is 1. The average Bonchev–Trinajstić information content (AvgIpc) is 3.25. The minimum Gasteiger partial charge on any atom is -0.497 e. The second kappa shape index (κ2) is 10.4. The lowest BCUT2D eigenvalue weighted by molar-refractivity contribution is 0.0663. The fraction of sp³-hybridized carbons (Fsp3) is 0.310. The predicted molar refractivity (Wildman–Crippen MR) is 142 cm³/mol. The van der Waals surface area contributed by atoms with Crippen molar-refractivity contribution in [3.8, 4) is 22.8 Å². The fourth-order valence-electron chi connectivity index (χ4n) is 4.81. The Bertz CT molecular complexity index is 1240. The molecule has 1 atom stereocenters. The molecule has 1 saturated heterocycles. The van der Waals surface area contributed by atoms with E-state index in [1.165, 1.54) is 16.6 Å². The molecule has 182 valence electrons. The summed E-state index contributed by atoms with van der Waals surface area (Å²) in [6, 6.07) is 24.6. The first-order chi connectivity index (χ1) is 17.1.